The molecular weight excluding hydrogens is 703 g/mol. The maximum Gasteiger partial charge on any atom is 0.418 e. The van der Waals surface area contributed by atoms with E-state index in [2.05, 4.69) is 9.89 Å². The van der Waals surface area contributed by atoms with Crippen LogP contribution in [0.1, 0.15) is 54.2 Å². The summed E-state index contributed by atoms with van der Waals surface area (Å²) in [5, 5.41) is -0.510. The van der Waals surface area contributed by atoms with Gasteiger partial charge in [-0.2, -0.15) is 23.1 Å². The number of benzene rings is 1. The summed E-state index contributed by atoms with van der Waals surface area (Å²) in [4.78, 5) is 32.1. The number of fused-ring (bicyclic) bond motifs is 2. The Kier molecular flexibility index (Phi) is 10.2. The summed E-state index contributed by atoms with van der Waals surface area (Å²) in [6.45, 7) is 2.38. The molecule has 50 heavy (non-hydrogen) atoms. The van der Waals surface area contributed by atoms with Crippen molar-refractivity contribution in [2.45, 2.75) is 56.5 Å². The molecule has 0 bridgehead atoms. The topological polar surface area (TPSA) is 135 Å². The Balaban J connectivity index is 1.38. The van der Waals surface area contributed by atoms with Gasteiger partial charge in [0, 0.05) is 51.4 Å². The van der Waals surface area contributed by atoms with Gasteiger partial charge in [0.1, 0.15) is 18.1 Å². The maximum atomic E-state index is 14.2. The van der Waals surface area contributed by atoms with Crippen molar-refractivity contribution in [3.05, 3.63) is 62.2 Å². The number of rotatable bonds is 7. The highest BCUT2D eigenvalue weighted by Crippen LogP contribution is 2.45. The predicted octanol–water partition coefficient (Wildman–Crippen LogP) is 5.16. The van der Waals surface area contributed by atoms with E-state index in [1.165, 1.54) is 11.0 Å². The van der Waals surface area contributed by atoms with Crippen molar-refractivity contribution < 1.29 is 31.8 Å². The fourth-order valence-electron chi connectivity index (χ4n) is 7.21. The Morgan fingerprint density at radius 1 is 1.22 bits per heavy atom. The molecule has 17 heteroatoms. The number of nitrogens with zero attached hydrogens (tertiary/aromatic N) is 6. The zero-order valence-electron chi connectivity index (χ0n) is 27.6. The number of hydrogen-bond acceptors (Lipinski definition) is 10. The van der Waals surface area contributed by atoms with Crippen LogP contribution in [0.3, 0.4) is 0 Å². The molecule has 1 amide bonds. The normalized spacial score (nSPS) is 24.0. The lowest BCUT2D eigenvalue weighted by atomic mass is 9.94. The van der Waals surface area contributed by atoms with E-state index in [4.69, 9.17) is 54.1 Å². The summed E-state index contributed by atoms with van der Waals surface area (Å²) in [5.74, 6) is -0.0425. The average Bonchev–Trinajstić information content (AvgIpc) is 3.51. The van der Waals surface area contributed by atoms with Gasteiger partial charge in [-0.05, 0) is 55.5 Å². The fourth-order valence-corrected chi connectivity index (χ4v) is 7.75. The van der Waals surface area contributed by atoms with Crippen LogP contribution in [0.2, 0.25) is 5.02 Å². The average molecular weight is 742 g/mol. The number of carbonyl (C=O) groups is 1. The number of likely N-dealkylation sites (N-methyl/N-ethyl adjacent to an activating group) is 1. The molecule has 4 N–H and O–H groups in total. The molecule has 2 atom stereocenters. The lowest BCUT2D eigenvalue weighted by Crippen LogP contribution is -2.43. The first-order valence-corrected chi connectivity index (χ1v) is 17.0. The van der Waals surface area contributed by atoms with Gasteiger partial charge in [0.05, 0.1) is 58.1 Å². The molecule has 0 unspecified atom stereocenters. The van der Waals surface area contributed by atoms with Crippen molar-refractivity contribution in [3.63, 3.8) is 0 Å². The van der Waals surface area contributed by atoms with E-state index in [0.29, 0.717) is 67.2 Å². The van der Waals surface area contributed by atoms with E-state index in [-0.39, 0.29) is 54.2 Å². The number of halogens is 6. The molecule has 0 radical (unpaired) electrons. The van der Waals surface area contributed by atoms with E-state index in [1.807, 2.05) is 4.90 Å². The second-order valence-electron chi connectivity index (χ2n) is 13.2. The fraction of sp³-hybridized carbons (Fsp3) is 0.515. The first kappa shape index (κ1) is 36.1. The third-order valence-corrected chi connectivity index (χ3v) is 10.3. The van der Waals surface area contributed by atoms with Gasteiger partial charge in [0.25, 0.3) is 5.91 Å². The molecule has 2 aromatic rings. The minimum Gasteiger partial charge on any atom is -0.461 e. The molecule has 5 heterocycles. The van der Waals surface area contributed by atoms with Crippen molar-refractivity contribution in [1.82, 2.24) is 19.8 Å². The number of aromatic nitrogens is 2. The zero-order valence-corrected chi connectivity index (χ0v) is 29.1. The third kappa shape index (κ3) is 7.10. The highest BCUT2D eigenvalue weighted by atomic mass is 35.5. The minimum atomic E-state index is -4.76. The molecule has 6 rings (SSSR count). The number of aliphatic imine (C=N–C) groups is 1. The molecule has 270 valence electrons. The first-order chi connectivity index (χ1) is 23.7. The van der Waals surface area contributed by atoms with E-state index in [0.717, 1.165) is 25.5 Å². The monoisotopic (exact) mass is 740 g/mol. The highest BCUT2D eigenvalue weighted by molar-refractivity contribution is 6.45. The lowest BCUT2D eigenvalue weighted by molar-refractivity contribution is -0.139. The molecule has 1 aromatic carbocycles. The van der Waals surface area contributed by atoms with Crippen LogP contribution in [-0.4, -0.2) is 90.4 Å². The van der Waals surface area contributed by atoms with Crippen molar-refractivity contribution in [2.75, 3.05) is 64.1 Å². The summed E-state index contributed by atoms with van der Waals surface area (Å²) in [6, 6.07) is 2.30. The molecule has 1 aromatic heterocycles. The van der Waals surface area contributed by atoms with Crippen LogP contribution in [0.15, 0.2) is 39.8 Å². The predicted molar refractivity (Wildman–Crippen MR) is 182 cm³/mol. The number of nitrogen functional groups attached to an aromatic ring is 1. The Morgan fingerprint density at radius 2 is 2.00 bits per heavy atom. The summed E-state index contributed by atoms with van der Waals surface area (Å²) in [7, 11) is 3.12. The smallest absolute Gasteiger partial charge is 0.418 e. The quantitative estimate of drug-likeness (QED) is 0.224. The molecule has 0 aliphatic carbocycles. The van der Waals surface area contributed by atoms with E-state index < -0.39 is 34.3 Å². The molecular formula is C33H38Cl2F4N8O3. The summed E-state index contributed by atoms with van der Waals surface area (Å²) in [6.07, 6.45) is -2.40. The van der Waals surface area contributed by atoms with Crippen molar-refractivity contribution in [1.29, 1.82) is 0 Å². The van der Waals surface area contributed by atoms with Crippen LogP contribution >= 0.6 is 23.2 Å². The Bertz CT molecular complexity index is 1770. The second-order valence-corrected chi connectivity index (χ2v) is 14.0. The van der Waals surface area contributed by atoms with Gasteiger partial charge in [0.2, 0.25) is 0 Å². The minimum absolute atomic E-state index is 0.0166. The molecule has 0 saturated carbocycles. The van der Waals surface area contributed by atoms with Gasteiger partial charge in [-0.25, -0.2) is 4.39 Å². The lowest BCUT2D eigenvalue weighted by Gasteiger charge is -2.33. The molecule has 2 fully saturated rings. The van der Waals surface area contributed by atoms with Gasteiger partial charge in [-0.1, -0.05) is 23.2 Å². The Hall–Kier alpha value is -3.66. The summed E-state index contributed by atoms with van der Waals surface area (Å²) < 4.78 is 68.7. The van der Waals surface area contributed by atoms with Gasteiger partial charge < -0.3 is 30.7 Å². The first-order valence-electron chi connectivity index (χ1n) is 16.2. The number of anilines is 2. The van der Waals surface area contributed by atoms with Crippen molar-refractivity contribution in [2.24, 2.45) is 10.7 Å². The number of nitrogens with two attached hydrogens (primary N) is 2. The SMILES string of the molecule is CN(C)C(=O)/C(N)=C(\Cl)C1=NCCCN(c2nc(OC[C@@]34CCCN3C/C(=C\F)C4)nc3c2CO[C@H](c2cc(N)cc(Cl)c2C(F)(F)F)C3)C1. The maximum absolute atomic E-state index is 14.2. The number of amides is 1. The van der Waals surface area contributed by atoms with E-state index in [1.54, 1.807) is 14.1 Å². The van der Waals surface area contributed by atoms with Crippen LogP contribution in [0.25, 0.3) is 0 Å². The van der Waals surface area contributed by atoms with E-state index >= 15 is 0 Å². The van der Waals surface area contributed by atoms with Crippen LogP contribution in [0.5, 0.6) is 6.01 Å². The number of alkyl halides is 3. The highest BCUT2D eigenvalue weighted by Gasteiger charge is 2.47. The van der Waals surface area contributed by atoms with Gasteiger partial charge in [-0.15, -0.1) is 0 Å². The number of hydrogen-bond donors (Lipinski definition) is 2. The van der Waals surface area contributed by atoms with E-state index in [9.17, 15) is 22.4 Å². The molecule has 11 nitrogen and oxygen atoms in total. The molecule has 2 saturated heterocycles. The summed E-state index contributed by atoms with van der Waals surface area (Å²) in [5.41, 5.74) is 12.4. The largest absolute Gasteiger partial charge is 0.461 e. The van der Waals surface area contributed by atoms with Gasteiger partial charge in [0.15, 0.2) is 0 Å². The van der Waals surface area contributed by atoms with Crippen molar-refractivity contribution >= 4 is 46.3 Å². The zero-order chi connectivity index (χ0) is 36.0. The van der Waals surface area contributed by atoms with Gasteiger partial charge >= 0.3 is 12.2 Å². The van der Waals surface area contributed by atoms with Crippen LogP contribution < -0.4 is 21.1 Å². The standard InChI is InChI=1S/C33H38Cl2F4N8O3/c1-45(2)30(48)28(41)27(35)24-15-46(7-4-6-42-24)29-21-16-49-25(20-9-19(40)10-22(34)26(20)33(37,38)39)11-23(21)43-31(44-29)50-17-32-5-3-8-47(32)14-18(12-32)13-36/h9-10,13,25H,3-8,11-12,14-17,40-41H2,1-2H3/b18-13-,28-27+/t25-,32-/m0/s1. The van der Waals surface area contributed by atoms with Gasteiger partial charge in [-0.3, -0.25) is 14.7 Å². The van der Waals surface area contributed by atoms with Crippen molar-refractivity contribution in [3.8, 4) is 6.01 Å². The van der Waals surface area contributed by atoms with Crippen LogP contribution in [0, 0.1) is 0 Å². The summed E-state index contributed by atoms with van der Waals surface area (Å²) >= 11 is 12.7. The number of ether oxygens (including phenoxy) is 2. The van der Waals surface area contributed by atoms with Crippen LogP contribution in [0.4, 0.5) is 29.1 Å². The molecule has 4 aliphatic heterocycles. The molecule has 4 aliphatic rings. The molecule has 0 spiro atoms. The Morgan fingerprint density at radius 3 is 2.72 bits per heavy atom. The second kappa shape index (κ2) is 14.2. The third-order valence-electron chi connectivity index (χ3n) is 9.60. The van der Waals surface area contributed by atoms with Crippen LogP contribution in [-0.2, 0) is 28.7 Å². The Labute approximate surface area is 296 Å². The number of carbonyl (C=O) groups excluding carboxylic acids is 1.